The van der Waals surface area contributed by atoms with Crippen LogP contribution in [0.4, 0.5) is 10.3 Å². The van der Waals surface area contributed by atoms with E-state index in [1.54, 1.807) is 18.3 Å². The average Bonchev–Trinajstić information content (AvgIpc) is 3.62. The summed E-state index contributed by atoms with van der Waals surface area (Å²) in [6.45, 7) is 3.56. The zero-order chi connectivity index (χ0) is 23.7. The van der Waals surface area contributed by atoms with E-state index in [0.717, 1.165) is 42.8 Å². The molecule has 2 amide bonds. The van der Waals surface area contributed by atoms with Crippen molar-refractivity contribution in [3.63, 3.8) is 0 Å². The highest BCUT2D eigenvalue weighted by Crippen LogP contribution is 2.39. The van der Waals surface area contributed by atoms with E-state index < -0.39 is 17.6 Å². The molecule has 3 aliphatic rings. The van der Waals surface area contributed by atoms with Gasteiger partial charge in [0.25, 0.3) is 11.8 Å². The van der Waals surface area contributed by atoms with Crippen molar-refractivity contribution in [2.24, 2.45) is 0 Å². The van der Waals surface area contributed by atoms with Crippen molar-refractivity contribution in [1.82, 2.24) is 25.2 Å². The number of hydrogen-bond acceptors (Lipinski definition) is 7. The lowest BCUT2D eigenvalue weighted by atomic mass is 9.97. The number of carbonyl (C=O) groups excluding carboxylic acids is 2. The summed E-state index contributed by atoms with van der Waals surface area (Å²) in [5, 5.41) is 5.31. The van der Waals surface area contributed by atoms with Crippen molar-refractivity contribution in [3.8, 4) is 0 Å². The number of imide groups is 1. The number of nitrogens with one attached hydrogen (secondary N) is 2. The molecule has 10 heteroatoms. The third kappa shape index (κ3) is 3.13. The van der Waals surface area contributed by atoms with Gasteiger partial charge in [-0.2, -0.15) is 0 Å². The van der Waals surface area contributed by atoms with Gasteiger partial charge in [0.15, 0.2) is 0 Å². The first kappa shape index (κ1) is 20.7. The van der Waals surface area contributed by atoms with Gasteiger partial charge in [-0.15, -0.1) is 11.3 Å². The first-order chi connectivity index (χ1) is 17.1. The monoisotopic (exact) mass is 488 g/mol. The molecule has 2 fully saturated rings. The largest absolute Gasteiger partial charge is 0.352 e. The number of thiophene rings is 1. The molecular weight excluding hydrogens is 467 g/mol. The third-order valence-corrected chi connectivity index (χ3v) is 8.12. The number of anilines is 1. The Balaban J connectivity index is 1.46. The summed E-state index contributed by atoms with van der Waals surface area (Å²) in [5.41, 5.74) is 1.45. The van der Waals surface area contributed by atoms with Crippen molar-refractivity contribution in [2.75, 3.05) is 31.1 Å². The van der Waals surface area contributed by atoms with Crippen LogP contribution in [0.15, 0.2) is 35.8 Å². The smallest absolute Gasteiger partial charge is 0.261 e. The Kier molecular flexibility index (Phi) is 4.55. The molecule has 8 nitrogen and oxygen atoms in total. The molecule has 0 saturated carbocycles. The molecule has 3 aromatic heterocycles. The van der Waals surface area contributed by atoms with E-state index in [1.807, 2.05) is 11.4 Å². The van der Waals surface area contributed by atoms with Crippen LogP contribution in [0.2, 0.25) is 0 Å². The lowest BCUT2D eigenvalue weighted by molar-refractivity contribution is -0.122. The van der Waals surface area contributed by atoms with Gasteiger partial charge in [-0.05, 0) is 43.0 Å². The fraction of sp³-hybridized carbons (Fsp3) is 0.280. The number of H-pyrrole nitrogens is 1. The van der Waals surface area contributed by atoms with Gasteiger partial charge in [0, 0.05) is 42.8 Å². The highest BCUT2D eigenvalue weighted by atomic mass is 32.1. The van der Waals surface area contributed by atoms with E-state index in [9.17, 15) is 9.59 Å². The minimum atomic E-state index is -0.579. The van der Waals surface area contributed by atoms with Gasteiger partial charge in [-0.25, -0.2) is 14.4 Å². The second-order valence-electron chi connectivity index (χ2n) is 9.18. The average molecular weight is 489 g/mol. The maximum absolute atomic E-state index is 15.2. The predicted molar refractivity (Wildman–Crippen MR) is 132 cm³/mol. The minimum absolute atomic E-state index is 0.0837. The van der Waals surface area contributed by atoms with Crippen LogP contribution in [0.5, 0.6) is 0 Å². The summed E-state index contributed by atoms with van der Waals surface area (Å²) < 4.78 is 15.2. The third-order valence-electron chi connectivity index (χ3n) is 7.27. The highest BCUT2D eigenvalue weighted by molar-refractivity contribution is 7.16. The first-order valence-electron chi connectivity index (χ1n) is 11.7. The van der Waals surface area contributed by atoms with E-state index in [1.165, 1.54) is 23.8 Å². The number of amides is 2. The molecule has 2 N–H and O–H groups in total. The lowest BCUT2D eigenvalue weighted by Crippen LogP contribution is -2.50. The van der Waals surface area contributed by atoms with Crippen molar-refractivity contribution < 1.29 is 14.0 Å². The molecule has 0 aliphatic carbocycles. The topological polar surface area (TPSA) is 94.2 Å². The fourth-order valence-corrected chi connectivity index (χ4v) is 6.39. The molecule has 1 atom stereocenters. The number of carbonyl (C=O) groups is 2. The summed E-state index contributed by atoms with van der Waals surface area (Å²) in [5.74, 6) is -1.16. The van der Waals surface area contributed by atoms with Gasteiger partial charge in [-0.1, -0.05) is 6.07 Å². The molecule has 35 heavy (non-hydrogen) atoms. The number of hydrogen-bond donors (Lipinski definition) is 2. The van der Waals surface area contributed by atoms with E-state index in [2.05, 4.69) is 20.1 Å². The highest BCUT2D eigenvalue weighted by Gasteiger charge is 2.37. The van der Waals surface area contributed by atoms with E-state index in [-0.39, 0.29) is 22.2 Å². The Labute approximate surface area is 203 Å². The van der Waals surface area contributed by atoms with Crippen LogP contribution in [0.3, 0.4) is 0 Å². The van der Waals surface area contributed by atoms with Crippen LogP contribution in [-0.2, 0) is 9.59 Å². The Morgan fingerprint density at radius 3 is 2.86 bits per heavy atom. The Morgan fingerprint density at radius 1 is 1.06 bits per heavy atom. The summed E-state index contributed by atoms with van der Waals surface area (Å²) in [7, 11) is 0. The minimum Gasteiger partial charge on any atom is -0.352 e. The summed E-state index contributed by atoms with van der Waals surface area (Å²) in [4.78, 5) is 44.3. The normalized spacial score (nSPS) is 20.9. The number of fused-ring (bicyclic) bond motifs is 3. The fourth-order valence-electron chi connectivity index (χ4n) is 5.62. The zero-order valence-corrected chi connectivity index (χ0v) is 19.5. The molecule has 3 aliphatic heterocycles. The van der Waals surface area contributed by atoms with Crippen LogP contribution in [0.25, 0.3) is 32.3 Å². The quantitative estimate of drug-likeness (QED) is 0.431. The molecule has 1 unspecified atom stereocenters. The Hall–Kier alpha value is -3.63. The molecular formula is C25H21FN6O2S. The summed E-state index contributed by atoms with van der Waals surface area (Å²) >= 11 is 1.51. The molecule has 4 aromatic rings. The molecule has 7 rings (SSSR count). The number of benzene rings is 1. The summed E-state index contributed by atoms with van der Waals surface area (Å²) in [6.07, 6.45) is 4.02. The van der Waals surface area contributed by atoms with Gasteiger partial charge < -0.3 is 9.88 Å². The standard InChI is InChI=1S/C25H21FN6O2S/c26-16-4-1-5-17-19(16)21(29-25(28-17)32-9-8-31-7-2-3-13(31)12-32)20-18(22(33)30-23(20)34)15-11-27-24-14(15)6-10-35-24/h1,4-6,10-11,13,27H,2-3,7-9,12H2,(H,30,33,34). The van der Waals surface area contributed by atoms with Gasteiger partial charge >= 0.3 is 0 Å². The van der Waals surface area contributed by atoms with Gasteiger partial charge in [0.1, 0.15) is 10.6 Å². The van der Waals surface area contributed by atoms with Crippen molar-refractivity contribution in [1.29, 1.82) is 0 Å². The van der Waals surface area contributed by atoms with E-state index >= 15 is 4.39 Å². The second kappa shape index (κ2) is 7.69. The van der Waals surface area contributed by atoms with Crippen molar-refractivity contribution in [2.45, 2.75) is 18.9 Å². The molecule has 0 radical (unpaired) electrons. The van der Waals surface area contributed by atoms with Gasteiger partial charge in [-0.3, -0.25) is 19.8 Å². The molecule has 1 aromatic carbocycles. The molecule has 6 heterocycles. The number of aromatic amines is 1. The van der Waals surface area contributed by atoms with Crippen LogP contribution >= 0.6 is 11.3 Å². The lowest BCUT2D eigenvalue weighted by Gasteiger charge is -2.37. The predicted octanol–water partition coefficient (Wildman–Crippen LogP) is 3.16. The maximum Gasteiger partial charge on any atom is 0.261 e. The van der Waals surface area contributed by atoms with Crippen LogP contribution in [0.1, 0.15) is 24.1 Å². The first-order valence-corrected chi connectivity index (χ1v) is 12.6. The van der Waals surface area contributed by atoms with Gasteiger partial charge in [0.2, 0.25) is 5.95 Å². The SMILES string of the molecule is O=C1NC(=O)C(c2nc(N3CCN4CCCC4C3)nc3cccc(F)c23)=C1c1c[nH]c2sccc12. The molecule has 0 bridgehead atoms. The number of piperazine rings is 1. The Morgan fingerprint density at radius 2 is 1.94 bits per heavy atom. The molecule has 0 spiro atoms. The van der Waals surface area contributed by atoms with Crippen LogP contribution in [0, 0.1) is 5.82 Å². The van der Waals surface area contributed by atoms with E-state index in [0.29, 0.717) is 23.1 Å². The molecule has 176 valence electrons. The zero-order valence-electron chi connectivity index (χ0n) is 18.7. The van der Waals surface area contributed by atoms with Crippen LogP contribution < -0.4 is 10.2 Å². The van der Waals surface area contributed by atoms with E-state index in [4.69, 9.17) is 9.97 Å². The van der Waals surface area contributed by atoms with Gasteiger partial charge in [0.05, 0.1) is 27.7 Å². The number of rotatable bonds is 3. The molecule has 2 saturated heterocycles. The Bertz CT molecular complexity index is 1570. The summed E-state index contributed by atoms with van der Waals surface area (Å²) in [6, 6.07) is 6.99. The number of halogens is 1. The van der Waals surface area contributed by atoms with Crippen molar-refractivity contribution >= 4 is 61.4 Å². The second-order valence-corrected chi connectivity index (χ2v) is 10.1. The number of nitrogens with zero attached hydrogens (tertiary/aromatic N) is 4. The van der Waals surface area contributed by atoms with Crippen molar-refractivity contribution in [3.05, 3.63) is 52.9 Å². The maximum atomic E-state index is 15.2. The number of aromatic nitrogens is 3. The van der Waals surface area contributed by atoms with Crippen LogP contribution in [-0.4, -0.2) is 63.9 Å².